The molecule has 0 atom stereocenters. The van der Waals surface area contributed by atoms with E-state index in [0.29, 0.717) is 77.3 Å². The van der Waals surface area contributed by atoms with Crippen LogP contribution in [0.1, 0.15) is 87.5 Å². The number of para-hydroxylation sites is 1. The number of nitrogens with zero attached hydrogens (tertiary/aromatic N) is 6. The van der Waals surface area contributed by atoms with Gasteiger partial charge in [-0.15, -0.1) is 0 Å². The summed E-state index contributed by atoms with van der Waals surface area (Å²) in [6.45, 7) is 19.7. The molecule has 382 valence electrons. The molecule has 0 unspecified atom stereocenters. The molecule has 0 bridgehead atoms. The van der Waals surface area contributed by atoms with E-state index in [1.165, 1.54) is 7.11 Å². The van der Waals surface area contributed by atoms with E-state index in [-0.39, 0.29) is 73.3 Å². The lowest BCUT2D eigenvalue weighted by molar-refractivity contribution is -0.131. The summed E-state index contributed by atoms with van der Waals surface area (Å²) in [7, 11) is 9.34. The minimum Gasteiger partial charge on any atom is -0.494 e. The van der Waals surface area contributed by atoms with E-state index in [0.717, 1.165) is 13.1 Å². The number of carbonyl (C=O) groups is 4. The first-order chi connectivity index (χ1) is 33.3. The van der Waals surface area contributed by atoms with Crippen molar-refractivity contribution < 1.29 is 38.1 Å². The predicted octanol–water partition coefficient (Wildman–Crippen LogP) is 6.02. The maximum atomic E-state index is 14.5. The average Bonchev–Trinajstić information content (AvgIpc) is 3.30. The van der Waals surface area contributed by atoms with E-state index in [9.17, 15) is 19.2 Å². The fraction of sp³-hybridized carbons (Fsp3) is 0.500. The Bertz CT molecular complexity index is 2330. The minimum atomic E-state index is -0.471. The molecule has 0 spiro atoms. The van der Waals surface area contributed by atoms with Gasteiger partial charge in [0.2, 0.25) is 11.8 Å². The number of anilines is 2. The van der Waals surface area contributed by atoms with Crippen molar-refractivity contribution in [2.24, 2.45) is 0 Å². The number of rotatable bonds is 28. The van der Waals surface area contributed by atoms with Gasteiger partial charge in [-0.2, -0.15) is 0 Å². The number of methoxy groups -OCH3 is 1. The van der Waals surface area contributed by atoms with Crippen molar-refractivity contribution >= 4 is 35.0 Å². The van der Waals surface area contributed by atoms with E-state index >= 15 is 0 Å². The molecular formula is C52H76N10O8. The summed E-state index contributed by atoms with van der Waals surface area (Å²) in [6.07, 6.45) is 0.886. The van der Waals surface area contributed by atoms with Crippen LogP contribution in [-0.4, -0.2) is 159 Å². The summed E-state index contributed by atoms with van der Waals surface area (Å²) in [4.78, 5) is 71.9. The summed E-state index contributed by atoms with van der Waals surface area (Å²) in [6, 6.07) is 15.4. The normalized spacial score (nSPS) is 11.3. The zero-order chi connectivity index (χ0) is 51.5. The van der Waals surface area contributed by atoms with Crippen LogP contribution in [0.5, 0.6) is 23.0 Å². The van der Waals surface area contributed by atoms with Crippen LogP contribution in [0.25, 0.3) is 11.3 Å². The molecule has 0 aliphatic rings. The number of benzene rings is 2. The molecule has 4 amide bonds. The number of amides is 4. The molecule has 18 nitrogen and oxygen atoms in total. The molecule has 0 radical (unpaired) electrons. The van der Waals surface area contributed by atoms with Gasteiger partial charge in [-0.1, -0.05) is 6.07 Å². The monoisotopic (exact) mass is 969 g/mol. The number of nitrogens with one attached hydrogen (secondary N) is 4. The Labute approximate surface area is 414 Å². The number of aromatic nitrogens is 2. The van der Waals surface area contributed by atoms with E-state index in [2.05, 4.69) is 26.3 Å². The molecule has 2 aromatic heterocycles. The summed E-state index contributed by atoms with van der Waals surface area (Å²) < 4.78 is 24.5. The first-order valence-corrected chi connectivity index (χ1v) is 24.0. The maximum absolute atomic E-state index is 14.5. The van der Waals surface area contributed by atoms with Crippen LogP contribution >= 0.6 is 0 Å². The van der Waals surface area contributed by atoms with Crippen molar-refractivity contribution in [2.75, 3.05) is 98.3 Å². The fourth-order valence-corrected chi connectivity index (χ4v) is 7.20. The SMILES string of the molecule is CCN(CCN(C)C)C(=O)CNCc1cc(C(=O)Nc2c(OC(C)C)ccc(-c3cc(C(=O)Nc4c(OC(C)C)cccc4OC(C)C)cc(CNCC(=O)N(CC)CCN(C)C)n3)c2OC)ccn1. The van der Waals surface area contributed by atoms with Gasteiger partial charge < -0.3 is 59.8 Å². The Morgan fingerprint density at radius 3 is 1.59 bits per heavy atom. The fourth-order valence-electron chi connectivity index (χ4n) is 7.20. The zero-order valence-corrected chi connectivity index (χ0v) is 43.5. The number of pyridine rings is 2. The number of carbonyl (C=O) groups excluding carboxylic acids is 4. The largest absolute Gasteiger partial charge is 0.494 e. The molecule has 0 aliphatic carbocycles. The van der Waals surface area contributed by atoms with Gasteiger partial charge in [0, 0.05) is 75.2 Å². The topological polar surface area (TPSA) is 192 Å². The quantitative estimate of drug-likeness (QED) is 0.0517. The maximum Gasteiger partial charge on any atom is 0.256 e. The number of ether oxygens (including phenoxy) is 4. The van der Waals surface area contributed by atoms with Crippen LogP contribution in [0.15, 0.2) is 60.8 Å². The lowest BCUT2D eigenvalue weighted by atomic mass is 10.0. The summed E-state index contributed by atoms with van der Waals surface area (Å²) >= 11 is 0. The van der Waals surface area contributed by atoms with Crippen LogP contribution in [-0.2, 0) is 22.7 Å². The second-order valence-electron chi connectivity index (χ2n) is 18.1. The van der Waals surface area contributed by atoms with Crippen LogP contribution in [0.3, 0.4) is 0 Å². The third kappa shape index (κ3) is 17.3. The summed E-state index contributed by atoms with van der Waals surface area (Å²) in [5.41, 5.74) is 3.00. The Kier molecular flexibility index (Phi) is 22.3. The molecule has 4 aromatic rings. The van der Waals surface area contributed by atoms with Gasteiger partial charge in [-0.05, 0) is 132 Å². The molecule has 0 saturated carbocycles. The third-order valence-electron chi connectivity index (χ3n) is 10.6. The van der Waals surface area contributed by atoms with Crippen molar-refractivity contribution in [3.8, 4) is 34.3 Å². The van der Waals surface area contributed by atoms with Gasteiger partial charge in [0.05, 0.1) is 55.6 Å². The van der Waals surface area contributed by atoms with Gasteiger partial charge in [0.25, 0.3) is 11.8 Å². The van der Waals surface area contributed by atoms with Crippen molar-refractivity contribution in [1.82, 2.24) is 40.2 Å². The second kappa shape index (κ2) is 27.7. The Balaban J connectivity index is 1.74. The molecule has 0 saturated heterocycles. The molecular weight excluding hydrogens is 893 g/mol. The van der Waals surface area contributed by atoms with Gasteiger partial charge in [-0.3, -0.25) is 29.1 Å². The van der Waals surface area contributed by atoms with Crippen LogP contribution < -0.4 is 40.2 Å². The molecule has 0 aliphatic heterocycles. The van der Waals surface area contributed by atoms with E-state index in [4.69, 9.17) is 23.9 Å². The van der Waals surface area contributed by atoms with E-state index in [1.54, 1.807) is 70.6 Å². The first kappa shape index (κ1) is 56.2. The van der Waals surface area contributed by atoms with Crippen molar-refractivity contribution in [3.05, 3.63) is 83.3 Å². The second-order valence-corrected chi connectivity index (χ2v) is 18.1. The average molecular weight is 969 g/mol. The summed E-state index contributed by atoms with van der Waals surface area (Å²) in [5, 5.41) is 12.5. The van der Waals surface area contributed by atoms with Crippen molar-refractivity contribution in [3.63, 3.8) is 0 Å². The van der Waals surface area contributed by atoms with Crippen molar-refractivity contribution in [1.29, 1.82) is 0 Å². The molecule has 4 N–H and O–H groups in total. The standard InChI is InChI=1S/C52H76N10O8/c1-14-61(25-23-59(9)10)46(63)32-53-30-39-27-37(21-22-55-39)51(65)58-49-45(70-36(7)8)20-19-41(50(49)67-13)42-29-38(28-40(56-42)31-54-33-47(64)62(15-2)26-24-60(11)12)52(66)57-48-43(68-34(3)4)17-16-18-44(48)69-35(5)6/h16-22,27-29,34-36,53-54H,14-15,23-26,30-33H2,1-13H3,(H,57,66)(H,58,65). The van der Waals surface area contributed by atoms with Gasteiger partial charge in [0.1, 0.15) is 28.6 Å². The molecule has 2 heterocycles. The van der Waals surface area contributed by atoms with Crippen LogP contribution in [0.2, 0.25) is 0 Å². The smallest absolute Gasteiger partial charge is 0.256 e. The predicted molar refractivity (Wildman–Crippen MR) is 275 cm³/mol. The molecule has 0 fully saturated rings. The lowest BCUT2D eigenvalue weighted by Gasteiger charge is -2.23. The Hall–Kier alpha value is -6.34. The van der Waals surface area contributed by atoms with E-state index < -0.39 is 11.8 Å². The van der Waals surface area contributed by atoms with Crippen molar-refractivity contribution in [2.45, 2.75) is 86.8 Å². The van der Waals surface area contributed by atoms with Gasteiger partial charge >= 0.3 is 0 Å². The summed E-state index contributed by atoms with van der Waals surface area (Å²) in [5.74, 6) is 0.433. The third-order valence-corrected chi connectivity index (χ3v) is 10.6. The molecule has 4 rings (SSSR count). The van der Waals surface area contributed by atoms with Gasteiger partial charge in [0.15, 0.2) is 5.75 Å². The minimum absolute atomic E-state index is 0.0246. The highest BCUT2D eigenvalue weighted by molar-refractivity contribution is 6.08. The van der Waals surface area contributed by atoms with E-state index in [1.807, 2.05) is 93.4 Å². The number of hydrogen-bond acceptors (Lipinski definition) is 14. The molecule has 2 aromatic carbocycles. The number of hydrogen-bond donors (Lipinski definition) is 4. The zero-order valence-electron chi connectivity index (χ0n) is 43.5. The van der Waals surface area contributed by atoms with Gasteiger partial charge in [-0.25, -0.2) is 0 Å². The molecule has 18 heteroatoms. The Morgan fingerprint density at radius 1 is 0.600 bits per heavy atom. The molecule has 70 heavy (non-hydrogen) atoms. The van der Waals surface area contributed by atoms with Crippen LogP contribution in [0, 0.1) is 0 Å². The highest BCUT2D eigenvalue weighted by atomic mass is 16.5. The van der Waals surface area contributed by atoms with Crippen LogP contribution in [0.4, 0.5) is 11.4 Å². The highest BCUT2D eigenvalue weighted by Gasteiger charge is 2.25. The highest BCUT2D eigenvalue weighted by Crippen LogP contribution is 2.43. The number of likely N-dealkylation sites (N-methyl/N-ethyl adjacent to an activating group) is 4. The lowest BCUT2D eigenvalue weighted by Crippen LogP contribution is -2.41. The Morgan fingerprint density at radius 2 is 1.09 bits per heavy atom. The first-order valence-electron chi connectivity index (χ1n) is 24.0.